The van der Waals surface area contributed by atoms with Gasteiger partial charge in [-0.1, -0.05) is 19.9 Å². The van der Waals surface area contributed by atoms with Crippen molar-refractivity contribution >= 4 is 10.0 Å². The molecule has 0 spiro atoms. The molecule has 118 valence electrons. The van der Waals surface area contributed by atoms with Gasteiger partial charge in [0, 0.05) is 19.6 Å². The Morgan fingerprint density at radius 3 is 2.62 bits per heavy atom. The molecule has 1 N–H and O–H groups in total. The van der Waals surface area contributed by atoms with Crippen LogP contribution in [0.1, 0.15) is 32.3 Å². The zero-order valence-corrected chi connectivity index (χ0v) is 13.4. The van der Waals surface area contributed by atoms with Crippen LogP contribution in [0.4, 0.5) is 4.39 Å². The van der Waals surface area contributed by atoms with Crippen molar-refractivity contribution in [3.63, 3.8) is 0 Å². The lowest BCUT2D eigenvalue weighted by Gasteiger charge is -2.22. The lowest BCUT2D eigenvalue weighted by atomic mass is 10.2. The van der Waals surface area contributed by atoms with Gasteiger partial charge in [0.2, 0.25) is 10.0 Å². The van der Waals surface area contributed by atoms with Crippen molar-refractivity contribution in [3.8, 4) is 0 Å². The van der Waals surface area contributed by atoms with E-state index in [1.165, 1.54) is 10.4 Å². The van der Waals surface area contributed by atoms with Gasteiger partial charge >= 0.3 is 0 Å². The second kappa shape index (κ2) is 6.85. The van der Waals surface area contributed by atoms with Crippen LogP contribution in [0.3, 0.4) is 0 Å². The quantitative estimate of drug-likeness (QED) is 0.801. The third kappa shape index (κ3) is 4.02. The first-order valence-corrected chi connectivity index (χ1v) is 8.92. The molecule has 0 atom stereocenters. The van der Waals surface area contributed by atoms with Gasteiger partial charge in [0.15, 0.2) is 0 Å². The van der Waals surface area contributed by atoms with Gasteiger partial charge in [-0.2, -0.15) is 4.31 Å². The van der Waals surface area contributed by atoms with Crippen molar-refractivity contribution in [2.45, 2.75) is 38.1 Å². The molecular formula is C15H23FN2O2S. The van der Waals surface area contributed by atoms with Gasteiger partial charge < -0.3 is 5.32 Å². The second-order valence-corrected chi connectivity index (χ2v) is 7.34. The van der Waals surface area contributed by atoms with Gasteiger partial charge in [-0.15, -0.1) is 0 Å². The normalized spacial score (nSPS) is 15.6. The van der Waals surface area contributed by atoms with Crippen molar-refractivity contribution in [2.75, 3.05) is 19.6 Å². The Kier molecular flexibility index (Phi) is 5.35. The summed E-state index contributed by atoms with van der Waals surface area (Å²) in [6.07, 6.45) is 2.17. The molecule has 4 nitrogen and oxygen atoms in total. The summed E-state index contributed by atoms with van der Waals surface area (Å²) in [5.74, 6) is -0.0539. The number of benzene rings is 1. The van der Waals surface area contributed by atoms with E-state index in [0.29, 0.717) is 31.1 Å². The first-order chi connectivity index (χ1) is 9.98. The smallest absolute Gasteiger partial charge is 0.243 e. The Balaban J connectivity index is 2.33. The molecule has 0 amide bonds. The fourth-order valence-corrected chi connectivity index (χ4v) is 4.06. The number of halogens is 1. The maximum Gasteiger partial charge on any atom is 0.243 e. The Morgan fingerprint density at radius 1 is 1.33 bits per heavy atom. The third-order valence-electron chi connectivity index (χ3n) is 3.72. The number of nitrogens with one attached hydrogen (secondary N) is 1. The third-order valence-corrected chi connectivity index (χ3v) is 5.75. The molecule has 1 aromatic carbocycles. The van der Waals surface area contributed by atoms with Crippen molar-refractivity contribution in [2.24, 2.45) is 5.92 Å². The van der Waals surface area contributed by atoms with E-state index in [9.17, 15) is 12.8 Å². The summed E-state index contributed by atoms with van der Waals surface area (Å²) in [5, 5.41) is 3.10. The zero-order chi connectivity index (χ0) is 15.5. The minimum atomic E-state index is -3.64. The molecule has 1 aromatic rings. The first-order valence-electron chi connectivity index (χ1n) is 7.48. The molecule has 0 aliphatic heterocycles. The van der Waals surface area contributed by atoms with Gasteiger partial charge in [0.25, 0.3) is 0 Å². The minimum absolute atomic E-state index is 0.0888. The monoisotopic (exact) mass is 314 g/mol. The summed E-state index contributed by atoms with van der Waals surface area (Å²) >= 11 is 0. The molecule has 0 heterocycles. The molecule has 0 unspecified atom stereocenters. The standard InChI is InChI=1S/C15H23FN2O2S/c1-3-17-10-13-7-8-14(16)9-15(13)21(19,20)18(4-2)11-12-5-6-12/h7-9,12,17H,3-6,10-11H2,1-2H3. The van der Waals surface area contributed by atoms with Gasteiger partial charge in [0.05, 0.1) is 4.90 Å². The maximum atomic E-state index is 13.5. The average Bonchev–Trinajstić information content (AvgIpc) is 3.27. The highest BCUT2D eigenvalue weighted by Crippen LogP contribution is 2.32. The van der Waals surface area contributed by atoms with E-state index in [-0.39, 0.29) is 4.90 Å². The summed E-state index contributed by atoms with van der Waals surface area (Å²) in [4.78, 5) is 0.0888. The SMILES string of the molecule is CCNCc1ccc(F)cc1S(=O)(=O)N(CC)CC1CC1. The Labute approximate surface area is 126 Å². The molecule has 21 heavy (non-hydrogen) atoms. The molecule has 1 fully saturated rings. The molecule has 6 heteroatoms. The maximum absolute atomic E-state index is 13.5. The van der Waals surface area contributed by atoms with E-state index >= 15 is 0 Å². The van der Waals surface area contributed by atoms with Gasteiger partial charge in [-0.3, -0.25) is 0 Å². The zero-order valence-electron chi connectivity index (χ0n) is 12.6. The van der Waals surface area contributed by atoms with E-state index in [1.807, 2.05) is 13.8 Å². The predicted octanol–water partition coefficient (Wildman–Crippen LogP) is 2.36. The number of sulfonamides is 1. The van der Waals surface area contributed by atoms with Crippen LogP contribution in [0, 0.1) is 11.7 Å². The van der Waals surface area contributed by atoms with Crippen LogP contribution < -0.4 is 5.32 Å². The molecule has 1 aliphatic rings. The number of nitrogens with zero attached hydrogens (tertiary/aromatic N) is 1. The molecule has 0 bridgehead atoms. The van der Waals surface area contributed by atoms with E-state index in [2.05, 4.69) is 5.32 Å². The molecule has 1 saturated carbocycles. The van der Waals surface area contributed by atoms with Crippen LogP contribution in [0.5, 0.6) is 0 Å². The van der Waals surface area contributed by atoms with Crippen molar-refractivity contribution in [1.29, 1.82) is 0 Å². The van der Waals surface area contributed by atoms with E-state index in [1.54, 1.807) is 6.07 Å². The largest absolute Gasteiger partial charge is 0.313 e. The minimum Gasteiger partial charge on any atom is -0.313 e. The second-order valence-electron chi connectivity index (χ2n) is 5.43. The topological polar surface area (TPSA) is 49.4 Å². The average molecular weight is 314 g/mol. The lowest BCUT2D eigenvalue weighted by molar-refractivity contribution is 0.411. The number of rotatable bonds is 8. The molecule has 0 saturated heterocycles. The molecule has 0 aromatic heterocycles. The fraction of sp³-hybridized carbons (Fsp3) is 0.600. The molecule has 2 rings (SSSR count). The van der Waals surface area contributed by atoms with Crippen LogP contribution >= 0.6 is 0 Å². The summed E-state index contributed by atoms with van der Waals surface area (Å²) < 4.78 is 40.6. The fourth-order valence-electron chi connectivity index (χ4n) is 2.30. The highest BCUT2D eigenvalue weighted by atomic mass is 32.2. The van der Waals surface area contributed by atoms with Crippen molar-refractivity contribution < 1.29 is 12.8 Å². The molecule has 1 aliphatic carbocycles. The van der Waals surface area contributed by atoms with Crippen LogP contribution in [0.25, 0.3) is 0 Å². The predicted molar refractivity (Wildman–Crippen MR) is 80.9 cm³/mol. The lowest BCUT2D eigenvalue weighted by Crippen LogP contribution is -2.33. The summed E-state index contributed by atoms with van der Waals surface area (Å²) in [5.41, 5.74) is 0.618. The highest BCUT2D eigenvalue weighted by Gasteiger charge is 2.32. The summed E-state index contributed by atoms with van der Waals surface area (Å²) in [6.45, 7) is 5.88. The number of hydrogen-bond donors (Lipinski definition) is 1. The van der Waals surface area contributed by atoms with Gasteiger partial charge in [-0.25, -0.2) is 12.8 Å². The van der Waals surface area contributed by atoms with Crippen molar-refractivity contribution in [1.82, 2.24) is 9.62 Å². The Morgan fingerprint density at radius 2 is 2.05 bits per heavy atom. The molecular weight excluding hydrogens is 291 g/mol. The van der Waals surface area contributed by atoms with Crippen LogP contribution in [0.2, 0.25) is 0 Å². The van der Waals surface area contributed by atoms with Crippen LogP contribution in [-0.4, -0.2) is 32.4 Å². The Hall–Kier alpha value is -0.980. The van der Waals surface area contributed by atoms with E-state index in [0.717, 1.165) is 25.5 Å². The first kappa shape index (κ1) is 16.4. The van der Waals surface area contributed by atoms with E-state index in [4.69, 9.17) is 0 Å². The van der Waals surface area contributed by atoms with Gasteiger partial charge in [0.1, 0.15) is 5.82 Å². The van der Waals surface area contributed by atoms with Crippen molar-refractivity contribution in [3.05, 3.63) is 29.6 Å². The summed E-state index contributed by atoms with van der Waals surface area (Å²) in [6, 6.07) is 4.00. The highest BCUT2D eigenvalue weighted by molar-refractivity contribution is 7.89. The van der Waals surface area contributed by atoms with Gasteiger partial charge in [-0.05, 0) is 43.0 Å². The molecule has 0 radical (unpaired) electrons. The van der Waals surface area contributed by atoms with Crippen LogP contribution in [0.15, 0.2) is 23.1 Å². The summed E-state index contributed by atoms with van der Waals surface area (Å²) in [7, 11) is -3.64. The van der Waals surface area contributed by atoms with E-state index < -0.39 is 15.8 Å². The van der Waals surface area contributed by atoms with Crippen LogP contribution in [-0.2, 0) is 16.6 Å². The number of hydrogen-bond acceptors (Lipinski definition) is 3. The Bertz CT molecular complexity index is 585.